The lowest BCUT2D eigenvalue weighted by molar-refractivity contribution is -0.143. The third kappa shape index (κ3) is 7.47. The topological polar surface area (TPSA) is 108 Å². The molecular weight excluding hydrogens is 640 g/mol. The highest BCUT2D eigenvalue weighted by atomic mass is 16.6. The lowest BCUT2D eigenvalue weighted by Crippen LogP contribution is -2.55. The van der Waals surface area contributed by atoms with E-state index in [2.05, 4.69) is 60.5 Å². The highest BCUT2D eigenvalue weighted by molar-refractivity contribution is 5.87. The normalized spacial score (nSPS) is 17.9. The monoisotopic (exact) mass is 682 g/mol. The van der Waals surface area contributed by atoms with Crippen molar-refractivity contribution < 1.29 is 29.3 Å². The molecule has 4 atom stereocenters. The van der Waals surface area contributed by atoms with E-state index in [0.717, 1.165) is 45.4 Å². The number of phenolic OH excluding ortho intramolecular Hbond substituents is 1. The number of hydrogen-bond acceptors (Lipinski definition) is 6. The Morgan fingerprint density at radius 3 is 2.20 bits per heavy atom. The van der Waals surface area contributed by atoms with Crippen LogP contribution in [0.5, 0.6) is 17.2 Å². The first-order chi connectivity index (χ1) is 24.7. The van der Waals surface area contributed by atoms with Crippen molar-refractivity contribution in [3.8, 4) is 28.4 Å². The van der Waals surface area contributed by atoms with Crippen molar-refractivity contribution in [1.82, 2.24) is 10.2 Å². The summed E-state index contributed by atoms with van der Waals surface area (Å²) in [5, 5.41) is 22.9. The van der Waals surface area contributed by atoms with Gasteiger partial charge in [0.2, 0.25) is 5.91 Å². The highest BCUT2D eigenvalue weighted by Gasteiger charge is 2.38. The molecule has 8 nitrogen and oxygen atoms in total. The third-order valence-electron chi connectivity index (χ3n) is 10.0. The van der Waals surface area contributed by atoms with E-state index in [-0.39, 0.29) is 30.2 Å². The standard InChI is InChI=1S/C43H42N2O6/c1-3-37(31-7-5-4-6-8-31)45-25-34-24-40-39(50-26-41(51-40)32-17-19-35(46)20-18-32)23-33(34)22-38(45)42(47)44-36(43(48)49)21-28-11-15-30(16-12-28)29-13-9-27(2)10-14-29/h4-20,23-24,36-38,41,46H,3,21-22,25-26H2,1-2H3,(H,44,47)(H,48,49)/t36-,37-,38-,41+/m0/s1. The van der Waals surface area contributed by atoms with Gasteiger partial charge in [0, 0.05) is 19.0 Å². The first-order valence-corrected chi connectivity index (χ1v) is 17.5. The van der Waals surface area contributed by atoms with E-state index in [1.54, 1.807) is 12.1 Å². The highest BCUT2D eigenvalue weighted by Crippen LogP contribution is 2.42. The number of fused-ring (bicyclic) bond motifs is 2. The molecule has 0 radical (unpaired) electrons. The summed E-state index contributed by atoms with van der Waals surface area (Å²) >= 11 is 0. The number of ether oxygens (including phenoxy) is 2. The Bertz CT molecular complexity index is 1990. The molecule has 5 aromatic carbocycles. The lowest BCUT2D eigenvalue weighted by atomic mass is 9.89. The van der Waals surface area contributed by atoms with Crippen LogP contribution < -0.4 is 14.8 Å². The van der Waals surface area contributed by atoms with Crippen molar-refractivity contribution in [1.29, 1.82) is 0 Å². The van der Waals surface area contributed by atoms with Crippen molar-refractivity contribution in [3.63, 3.8) is 0 Å². The molecule has 0 saturated carbocycles. The predicted molar refractivity (Wildman–Crippen MR) is 196 cm³/mol. The Balaban J connectivity index is 1.14. The maximum Gasteiger partial charge on any atom is 0.326 e. The van der Waals surface area contributed by atoms with Crippen molar-refractivity contribution >= 4 is 11.9 Å². The second kappa shape index (κ2) is 14.7. The zero-order valence-corrected chi connectivity index (χ0v) is 28.8. The fraction of sp³-hybridized carbons (Fsp3) is 0.256. The molecule has 2 aliphatic rings. The maximum absolute atomic E-state index is 14.3. The van der Waals surface area contributed by atoms with Gasteiger partial charge in [-0.2, -0.15) is 0 Å². The number of nitrogens with zero attached hydrogens (tertiary/aromatic N) is 1. The van der Waals surface area contributed by atoms with E-state index >= 15 is 0 Å². The molecule has 0 aromatic heterocycles. The van der Waals surface area contributed by atoms with Crippen LogP contribution in [0.3, 0.4) is 0 Å². The third-order valence-corrected chi connectivity index (χ3v) is 10.0. The van der Waals surface area contributed by atoms with Crippen LogP contribution in [-0.4, -0.2) is 45.7 Å². The van der Waals surface area contributed by atoms with E-state index in [1.807, 2.05) is 66.7 Å². The zero-order chi connectivity index (χ0) is 35.5. The first-order valence-electron chi connectivity index (χ1n) is 17.5. The van der Waals surface area contributed by atoms with Gasteiger partial charge < -0.3 is 25.0 Å². The van der Waals surface area contributed by atoms with E-state index in [4.69, 9.17) is 9.47 Å². The summed E-state index contributed by atoms with van der Waals surface area (Å²) in [7, 11) is 0. The molecular formula is C43H42N2O6. The van der Waals surface area contributed by atoms with Crippen molar-refractivity contribution in [3.05, 3.63) is 149 Å². The van der Waals surface area contributed by atoms with Crippen molar-refractivity contribution in [2.24, 2.45) is 0 Å². The summed E-state index contributed by atoms with van der Waals surface area (Å²) in [5.74, 6) is 0.0411. The van der Waals surface area contributed by atoms with Gasteiger partial charge in [-0.05, 0) is 83.0 Å². The van der Waals surface area contributed by atoms with Crippen molar-refractivity contribution in [2.75, 3.05) is 6.61 Å². The van der Waals surface area contributed by atoms with Gasteiger partial charge >= 0.3 is 5.97 Å². The molecule has 7 rings (SSSR count). The summed E-state index contributed by atoms with van der Waals surface area (Å²) < 4.78 is 12.6. The number of aromatic hydroxyl groups is 1. The lowest BCUT2D eigenvalue weighted by Gasteiger charge is -2.42. The van der Waals surface area contributed by atoms with Crippen LogP contribution in [0.25, 0.3) is 11.1 Å². The second-order valence-corrected chi connectivity index (χ2v) is 13.5. The summed E-state index contributed by atoms with van der Waals surface area (Å²) in [6.45, 7) is 4.94. The minimum Gasteiger partial charge on any atom is -0.508 e. The Morgan fingerprint density at radius 2 is 1.53 bits per heavy atom. The number of carboxylic acids is 1. The smallest absolute Gasteiger partial charge is 0.326 e. The van der Waals surface area contributed by atoms with Gasteiger partial charge in [-0.3, -0.25) is 9.69 Å². The molecule has 1 amide bonds. The quantitative estimate of drug-likeness (QED) is 0.140. The van der Waals surface area contributed by atoms with Crippen LogP contribution in [0.2, 0.25) is 0 Å². The fourth-order valence-electron chi connectivity index (χ4n) is 7.22. The number of aliphatic carboxylic acids is 1. The number of nitrogens with one attached hydrogen (secondary N) is 1. The van der Waals surface area contributed by atoms with Crippen LogP contribution in [0.1, 0.15) is 58.9 Å². The number of hydrogen-bond donors (Lipinski definition) is 3. The van der Waals surface area contributed by atoms with Gasteiger partial charge in [0.15, 0.2) is 17.6 Å². The number of rotatable bonds is 10. The van der Waals surface area contributed by atoms with Gasteiger partial charge in [0.25, 0.3) is 0 Å². The summed E-state index contributed by atoms with van der Waals surface area (Å²) in [4.78, 5) is 29.0. The van der Waals surface area contributed by atoms with Gasteiger partial charge in [0.05, 0.1) is 6.04 Å². The molecule has 0 aliphatic carbocycles. The summed E-state index contributed by atoms with van der Waals surface area (Å²) in [5.41, 5.74) is 8.15. The Morgan fingerprint density at radius 1 is 0.863 bits per heavy atom. The Labute approximate surface area is 298 Å². The molecule has 0 spiro atoms. The fourth-order valence-corrected chi connectivity index (χ4v) is 7.22. The molecule has 260 valence electrons. The molecule has 0 bridgehead atoms. The average molecular weight is 683 g/mol. The van der Waals surface area contributed by atoms with Crippen LogP contribution in [0.4, 0.5) is 0 Å². The molecule has 0 saturated heterocycles. The number of carbonyl (C=O) groups excluding carboxylic acids is 1. The number of amides is 1. The van der Waals surface area contributed by atoms with Crippen LogP contribution >= 0.6 is 0 Å². The van der Waals surface area contributed by atoms with Gasteiger partial charge in [-0.1, -0.05) is 103 Å². The molecule has 2 heterocycles. The predicted octanol–water partition coefficient (Wildman–Crippen LogP) is 7.57. The number of carboxylic acid groups (broad SMARTS) is 1. The average Bonchev–Trinajstić information content (AvgIpc) is 3.15. The number of benzene rings is 5. The molecule has 0 unspecified atom stereocenters. The number of carbonyl (C=O) groups is 2. The van der Waals surface area contributed by atoms with E-state index in [1.165, 1.54) is 5.56 Å². The summed E-state index contributed by atoms with van der Waals surface area (Å²) in [6.07, 6.45) is 0.982. The molecule has 0 fully saturated rings. The first kappa shape index (κ1) is 33.9. The van der Waals surface area contributed by atoms with Crippen LogP contribution in [0, 0.1) is 6.92 Å². The molecule has 5 aromatic rings. The largest absolute Gasteiger partial charge is 0.508 e. The SMILES string of the molecule is CC[C@@H](c1ccccc1)N1Cc2cc3c(cc2C[C@H]1C(=O)N[C@@H](Cc1ccc(-c2ccc(C)cc2)cc1)C(=O)O)OC[C@H](c1ccc(O)cc1)O3. The minimum absolute atomic E-state index is 0.0781. The van der Waals surface area contributed by atoms with E-state index < -0.39 is 18.1 Å². The number of phenols is 1. The Hall–Kier alpha value is -5.60. The second-order valence-electron chi connectivity index (χ2n) is 13.5. The van der Waals surface area contributed by atoms with Gasteiger partial charge in [-0.25, -0.2) is 4.79 Å². The Kier molecular flexibility index (Phi) is 9.77. The van der Waals surface area contributed by atoms with Crippen LogP contribution in [0.15, 0.2) is 115 Å². The van der Waals surface area contributed by atoms with Gasteiger partial charge in [0.1, 0.15) is 18.4 Å². The van der Waals surface area contributed by atoms with Crippen LogP contribution in [-0.2, 0) is 29.0 Å². The van der Waals surface area contributed by atoms with Gasteiger partial charge in [-0.15, -0.1) is 0 Å². The molecule has 3 N–H and O–H groups in total. The molecule has 2 aliphatic heterocycles. The number of aryl methyl sites for hydroxylation is 1. The molecule has 51 heavy (non-hydrogen) atoms. The minimum atomic E-state index is -1.10. The van der Waals surface area contributed by atoms with Crippen molar-refractivity contribution in [2.45, 2.75) is 63.9 Å². The maximum atomic E-state index is 14.3. The van der Waals surface area contributed by atoms with E-state index in [9.17, 15) is 19.8 Å². The summed E-state index contributed by atoms with van der Waals surface area (Å²) in [6, 6.07) is 35.4. The zero-order valence-electron chi connectivity index (χ0n) is 28.8. The van der Waals surface area contributed by atoms with E-state index in [0.29, 0.717) is 31.1 Å². The molecule has 8 heteroatoms.